The van der Waals surface area contributed by atoms with E-state index < -0.39 is 22.0 Å². The SMILES string of the molecule is Cc1noc(C)c1CCNC1=C(c2ccccc2)S(=O)(=O)N(C(C)C)C1=O. The Kier molecular flexibility index (Phi) is 5.10. The zero-order valence-corrected chi connectivity index (χ0v) is 16.6. The van der Waals surface area contributed by atoms with Crippen molar-refractivity contribution in [2.24, 2.45) is 0 Å². The Morgan fingerprint density at radius 2 is 1.85 bits per heavy atom. The first-order valence-electron chi connectivity index (χ1n) is 8.79. The van der Waals surface area contributed by atoms with Crippen molar-refractivity contribution in [3.63, 3.8) is 0 Å². The highest BCUT2D eigenvalue weighted by atomic mass is 32.2. The van der Waals surface area contributed by atoms with Gasteiger partial charge < -0.3 is 9.84 Å². The van der Waals surface area contributed by atoms with Gasteiger partial charge in [0.2, 0.25) is 0 Å². The molecule has 3 rings (SSSR count). The summed E-state index contributed by atoms with van der Waals surface area (Å²) >= 11 is 0. The lowest BCUT2D eigenvalue weighted by molar-refractivity contribution is -0.123. The van der Waals surface area contributed by atoms with Crippen LogP contribution in [0.5, 0.6) is 0 Å². The van der Waals surface area contributed by atoms with E-state index in [2.05, 4.69) is 10.5 Å². The molecule has 1 aliphatic heterocycles. The van der Waals surface area contributed by atoms with Gasteiger partial charge in [-0.25, -0.2) is 12.7 Å². The number of carbonyl (C=O) groups is 1. The van der Waals surface area contributed by atoms with Crippen molar-refractivity contribution in [3.05, 3.63) is 58.6 Å². The van der Waals surface area contributed by atoms with Crippen molar-refractivity contribution in [2.75, 3.05) is 6.54 Å². The molecule has 0 spiro atoms. The van der Waals surface area contributed by atoms with Crippen LogP contribution in [0.1, 0.15) is 36.4 Å². The molecule has 7 nitrogen and oxygen atoms in total. The average Bonchev–Trinajstić information content (AvgIpc) is 3.02. The number of hydrogen-bond acceptors (Lipinski definition) is 6. The van der Waals surface area contributed by atoms with Crippen molar-refractivity contribution in [1.82, 2.24) is 14.8 Å². The summed E-state index contributed by atoms with van der Waals surface area (Å²) < 4.78 is 32.2. The normalized spacial score (nSPS) is 16.5. The molecule has 1 aromatic carbocycles. The fourth-order valence-electron chi connectivity index (χ4n) is 3.27. The summed E-state index contributed by atoms with van der Waals surface area (Å²) in [6.45, 7) is 7.44. The summed E-state index contributed by atoms with van der Waals surface area (Å²) in [7, 11) is -3.91. The summed E-state index contributed by atoms with van der Waals surface area (Å²) in [4.78, 5) is 12.9. The quantitative estimate of drug-likeness (QED) is 0.815. The summed E-state index contributed by atoms with van der Waals surface area (Å²) in [5, 5.41) is 6.97. The predicted molar refractivity (Wildman–Crippen MR) is 102 cm³/mol. The maximum atomic E-state index is 13.0. The minimum absolute atomic E-state index is 0.0283. The molecule has 144 valence electrons. The standard InChI is InChI=1S/C19H23N3O4S/c1-12(2)22-19(23)17(20-11-10-16-13(3)21-26-14(16)4)18(27(22,24)25)15-8-6-5-7-9-15/h5-9,12,20H,10-11H2,1-4H3. The number of aromatic nitrogens is 1. The fourth-order valence-corrected chi connectivity index (χ4v) is 5.18. The second kappa shape index (κ2) is 7.19. The average molecular weight is 389 g/mol. The molecule has 0 unspecified atom stereocenters. The highest BCUT2D eigenvalue weighted by molar-refractivity contribution is 7.99. The third-order valence-electron chi connectivity index (χ3n) is 4.52. The van der Waals surface area contributed by atoms with Crippen LogP contribution in [0.2, 0.25) is 0 Å². The lowest BCUT2D eigenvalue weighted by Crippen LogP contribution is -2.39. The Labute approximate surface area is 159 Å². The first kappa shape index (κ1) is 19.2. The second-order valence-electron chi connectivity index (χ2n) is 6.75. The molecule has 1 aliphatic rings. The fraction of sp³-hybridized carbons (Fsp3) is 0.368. The predicted octanol–water partition coefficient (Wildman–Crippen LogP) is 2.37. The zero-order valence-electron chi connectivity index (χ0n) is 15.8. The lowest BCUT2D eigenvalue weighted by Gasteiger charge is -2.20. The summed E-state index contributed by atoms with van der Waals surface area (Å²) in [6, 6.07) is 8.23. The van der Waals surface area contributed by atoms with Crippen molar-refractivity contribution in [1.29, 1.82) is 0 Å². The monoisotopic (exact) mass is 389 g/mol. The Hall–Kier alpha value is -2.61. The van der Waals surface area contributed by atoms with E-state index in [1.807, 2.05) is 13.8 Å². The van der Waals surface area contributed by atoms with Gasteiger partial charge in [-0.2, -0.15) is 0 Å². The number of benzene rings is 1. The minimum atomic E-state index is -3.91. The number of nitrogens with one attached hydrogen (secondary N) is 1. The van der Waals surface area contributed by atoms with Gasteiger partial charge in [-0.3, -0.25) is 4.79 Å². The topological polar surface area (TPSA) is 92.5 Å². The highest BCUT2D eigenvalue weighted by Crippen LogP contribution is 2.35. The van der Waals surface area contributed by atoms with Crippen molar-refractivity contribution in [2.45, 2.75) is 40.2 Å². The van der Waals surface area contributed by atoms with Crippen LogP contribution in [-0.4, -0.2) is 36.4 Å². The number of rotatable bonds is 6. The van der Waals surface area contributed by atoms with Crippen molar-refractivity contribution in [3.8, 4) is 0 Å². The number of nitrogens with zero attached hydrogens (tertiary/aromatic N) is 2. The molecule has 0 radical (unpaired) electrons. The first-order valence-corrected chi connectivity index (χ1v) is 10.2. The summed E-state index contributed by atoms with van der Waals surface area (Å²) in [5.41, 5.74) is 2.36. The summed E-state index contributed by atoms with van der Waals surface area (Å²) in [6.07, 6.45) is 0.571. The van der Waals surface area contributed by atoms with E-state index in [9.17, 15) is 13.2 Å². The molecule has 1 aromatic heterocycles. The summed E-state index contributed by atoms with van der Waals surface area (Å²) in [5.74, 6) is 0.198. The largest absolute Gasteiger partial charge is 0.379 e. The van der Waals surface area contributed by atoms with Crippen molar-refractivity contribution >= 4 is 20.8 Å². The molecule has 27 heavy (non-hydrogen) atoms. The molecule has 1 N–H and O–H groups in total. The number of hydrogen-bond donors (Lipinski definition) is 1. The van der Waals surface area contributed by atoms with Crippen LogP contribution in [0.25, 0.3) is 4.91 Å². The van der Waals surface area contributed by atoms with Crippen molar-refractivity contribution < 1.29 is 17.7 Å². The number of carbonyl (C=O) groups excluding carboxylic acids is 1. The number of amides is 1. The molecule has 1 amide bonds. The Morgan fingerprint density at radius 1 is 1.19 bits per heavy atom. The molecular weight excluding hydrogens is 366 g/mol. The molecule has 0 aliphatic carbocycles. The van der Waals surface area contributed by atoms with Crippen LogP contribution in [0.15, 0.2) is 40.6 Å². The number of sulfonamides is 1. The van der Waals surface area contributed by atoms with Gasteiger partial charge in [0, 0.05) is 18.2 Å². The molecule has 0 fully saturated rings. The van der Waals surface area contributed by atoms with Crippen LogP contribution in [-0.2, 0) is 21.2 Å². The van der Waals surface area contributed by atoms with E-state index in [1.165, 1.54) is 0 Å². The van der Waals surface area contributed by atoms with Crippen LogP contribution < -0.4 is 5.32 Å². The van der Waals surface area contributed by atoms with Crippen LogP contribution >= 0.6 is 0 Å². The van der Waals surface area contributed by atoms with Gasteiger partial charge in [0.05, 0.1) is 5.69 Å². The van der Waals surface area contributed by atoms with Gasteiger partial charge in [-0.1, -0.05) is 35.5 Å². The van der Waals surface area contributed by atoms with Crippen LogP contribution in [0, 0.1) is 13.8 Å². The molecular formula is C19H23N3O4S. The molecule has 8 heteroatoms. The Balaban J connectivity index is 1.96. The van der Waals surface area contributed by atoms with Gasteiger partial charge in [-0.15, -0.1) is 0 Å². The lowest BCUT2D eigenvalue weighted by atomic mass is 10.1. The van der Waals surface area contributed by atoms with E-state index in [-0.39, 0.29) is 10.6 Å². The van der Waals surface area contributed by atoms with Gasteiger partial charge in [0.1, 0.15) is 16.4 Å². The molecule has 0 atom stereocenters. The first-order chi connectivity index (χ1) is 12.7. The van der Waals surface area contributed by atoms with Gasteiger partial charge in [0.15, 0.2) is 0 Å². The van der Waals surface area contributed by atoms with E-state index in [1.54, 1.807) is 44.2 Å². The van der Waals surface area contributed by atoms with Crippen LogP contribution in [0.3, 0.4) is 0 Å². The van der Waals surface area contributed by atoms with Gasteiger partial charge in [-0.05, 0) is 39.7 Å². The maximum Gasteiger partial charge on any atom is 0.285 e. The smallest absolute Gasteiger partial charge is 0.285 e. The second-order valence-corrected chi connectivity index (χ2v) is 8.50. The molecule has 0 saturated carbocycles. The maximum absolute atomic E-state index is 13.0. The molecule has 2 aromatic rings. The zero-order chi connectivity index (χ0) is 19.8. The molecule has 2 heterocycles. The van der Waals surface area contributed by atoms with Gasteiger partial charge in [0.25, 0.3) is 15.9 Å². The Morgan fingerprint density at radius 3 is 2.41 bits per heavy atom. The molecule has 0 saturated heterocycles. The Bertz CT molecular complexity index is 972. The van der Waals surface area contributed by atoms with Gasteiger partial charge >= 0.3 is 0 Å². The molecule has 0 bridgehead atoms. The van der Waals surface area contributed by atoms with E-state index in [0.717, 1.165) is 21.3 Å². The third-order valence-corrected chi connectivity index (χ3v) is 6.58. The number of aryl methyl sites for hydroxylation is 2. The third kappa shape index (κ3) is 3.37. The van der Waals surface area contributed by atoms with Crippen LogP contribution in [0.4, 0.5) is 0 Å². The minimum Gasteiger partial charge on any atom is -0.379 e. The van der Waals surface area contributed by atoms with E-state index in [4.69, 9.17) is 4.52 Å². The highest BCUT2D eigenvalue weighted by Gasteiger charge is 2.45. The van der Waals surface area contributed by atoms with E-state index in [0.29, 0.717) is 18.5 Å². The van der Waals surface area contributed by atoms with E-state index >= 15 is 0 Å².